The van der Waals surface area contributed by atoms with Gasteiger partial charge in [-0.1, -0.05) is 0 Å². The van der Waals surface area contributed by atoms with E-state index in [4.69, 9.17) is 15.9 Å². The molecule has 76 valence electrons. The van der Waals surface area contributed by atoms with Crippen LogP contribution in [-0.4, -0.2) is 34.4 Å². The first-order valence-corrected chi connectivity index (χ1v) is 3.88. The molecule has 2 atom stereocenters. The third kappa shape index (κ3) is 6.06. The van der Waals surface area contributed by atoms with Crippen LogP contribution >= 0.6 is 0 Å². The summed E-state index contributed by atoms with van der Waals surface area (Å²) < 4.78 is 0. The Labute approximate surface area is 75.7 Å². The molecule has 13 heavy (non-hydrogen) atoms. The van der Waals surface area contributed by atoms with Crippen LogP contribution in [0.4, 0.5) is 0 Å². The number of carboxylic acid groups (broad SMARTS) is 1. The molecule has 0 aromatic heterocycles. The van der Waals surface area contributed by atoms with Crippen molar-refractivity contribution < 1.29 is 19.8 Å². The maximum absolute atomic E-state index is 10.7. The SMILES string of the molecule is CC(O)NC(CCC(=O)O)C(N)=O. The molecule has 0 bridgehead atoms. The number of nitrogens with two attached hydrogens (primary N) is 1. The highest BCUT2D eigenvalue weighted by Gasteiger charge is 2.17. The molecule has 0 rings (SSSR count). The van der Waals surface area contributed by atoms with Gasteiger partial charge in [-0.05, 0) is 13.3 Å². The molecule has 0 heterocycles. The molecule has 6 heteroatoms. The van der Waals surface area contributed by atoms with Crippen LogP contribution in [0.25, 0.3) is 0 Å². The van der Waals surface area contributed by atoms with Crippen LogP contribution in [0.5, 0.6) is 0 Å². The molecule has 6 nitrogen and oxygen atoms in total. The summed E-state index contributed by atoms with van der Waals surface area (Å²) in [5, 5.41) is 19.7. The standard InChI is InChI=1S/C7H14N2O4/c1-4(10)9-5(7(8)13)2-3-6(11)12/h4-5,9-10H,2-3H2,1H3,(H2,8,13)(H,11,12). The van der Waals surface area contributed by atoms with Crippen LogP contribution in [0, 0.1) is 0 Å². The van der Waals surface area contributed by atoms with E-state index in [0.717, 1.165) is 0 Å². The molecule has 5 N–H and O–H groups in total. The summed E-state index contributed by atoms with van der Waals surface area (Å²) in [5.41, 5.74) is 4.97. The lowest BCUT2D eigenvalue weighted by Crippen LogP contribution is -2.45. The summed E-state index contributed by atoms with van der Waals surface area (Å²) in [6.45, 7) is 1.43. The first-order chi connectivity index (χ1) is 5.93. The summed E-state index contributed by atoms with van der Waals surface area (Å²) in [4.78, 5) is 20.9. The fourth-order valence-corrected chi connectivity index (χ4v) is 0.867. The fourth-order valence-electron chi connectivity index (χ4n) is 0.867. The average Bonchev–Trinajstić information content (AvgIpc) is 1.96. The third-order valence-corrected chi connectivity index (χ3v) is 1.43. The van der Waals surface area contributed by atoms with Gasteiger partial charge in [0.2, 0.25) is 5.91 Å². The molecule has 0 aliphatic rings. The number of aliphatic carboxylic acids is 1. The Kier molecular flexibility index (Phi) is 5.01. The van der Waals surface area contributed by atoms with E-state index in [9.17, 15) is 9.59 Å². The number of hydrogen-bond donors (Lipinski definition) is 4. The van der Waals surface area contributed by atoms with Gasteiger partial charge in [0.05, 0.1) is 6.04 Å². The lowest BCUT2D eigenvalue weighted by Gasteiger charge is -2.16. The molecule has 0 spiro atoms. The maximum Gasteiger partial charge on any atom is 0.303 e. The smallest absolute Gasteiger partial charge is 0.303 e. The summed E-state index contributed by atoms with van der Waals surface area (Å²) in [6, 6.07) is -0.795. The number of carboxylic acids is 1. The minimum Gasteiger partial charge on any atom is -0.481 e. The zero-order valence-electron chi connectivity index (χ0n) is 7.36. The van der Waals surface area contributed by atoms with Crippen molar-refractivity contribution in [3.05, 3.63) is 0 Å². The molecular formula is C7H14N2O4. The zero-order chi connectivity index (χ0) is 10.4. The Hall–Kier alpha value is -1.14. The summed E-state index contributed by atoms with van der Waals surface area (Å²) in [7, 11) is 0. The van der Waals surface area contributed by atoms with E-state index in [-0.39, 0.29) is 12.8 Å². The fraction of sp³-hybridized carbons (Fsp3) is 0.714. The van der Waals surface area contributed by atoms with Gasteiger partial charge < -0.3 is 15.9 Å². The number of rotatable bonds is 6. The van der Waals surface area contributed by atoms with Gasteiger partial charge in [-0.15, -0.1) is 0 Å². The number of carbonyl (C=O) groups excluding carboxylic acids is 1. The minimum absolute atomic E-state index is 0.0789. The van der Waals surface area contributed by atoms with Crippen molar-refractivity contribution in [2.45, 2.75) is 32.0 Å². The second kappa shape index (κ2) is 5.50. The van der Waals surface area contributed by atoms with Crippen molar-refractivity contribution in [3.63, 3.8) is 0 Å². The lowest BCUT2D eigenvalue weighted by atomic mass is 10.1. The Bertz CT molecular complexity index is 193. The Morgan fingerprint density at radius 2 is 2.08 bits per heavy atom. The molecule has 0 saturated carbocycles. The van der Waals surface area contributed by atoms with Gasteiger partial charge in [0, 0.05) is 6.42 Å². The van der Waals surface area contributed by atoms with E-state index < -0.39 is 24.1 Å². The number of aliphatic hydroxyl groups excluding tert-OH is 1. The maximum atomic E-state index is 10.7. The predicted octanol–water partition coefficient (Wildman–Crippen LogP) is -1.37. The Morgan fingerprint density at radius 3 is 2.38 bits per heavy atom. The highest BCUT2D eigenvalue weighted by atomic mass is 16.4. The first-order valence-electron chi connectivity index (χ1n) is 3.88. The molecule has 0 saturated heterocycles. The minimum atomic E-state index is -1.00. The van der Waals surface area contributed by atoms with Crippen molar-refractivity contribution in [1.29, 1.82) is 0 Å². The van der Waals surface area contributed by atoms with Crippen molar-refractivity contribution in [3.8, 4) is 0 Å². The van der Waals surface area contributed by atoms with Crippen LogP contribution < -0.4 is 11.1 Å². The third-order valence-electron chi connectivity index (χ3n) is 1.43. The van der Waals surface area contributed by atoms with E-state index in [1.54, 1.807) is 0 Å². The summed E-state index contributed by atoms with van der Waals surface area (Å²) in [5.74, 6) is -1.67. The van der Waals surface area contributed by atoms with Crippen LogP contribution in [0.15, 0.2) is 0 Å². The normalized spacial score (nSPS) is 14.9. The van der Waals surface area contributed by atoms with Gasteiger partial charge >= 0.3 is 5.97 Å². The van der Waals surface area contributed by atoms with Crippen LogP contribution in [0.1, 0.15) is 19.8 Å². The molecule has 0 aromatic rings. The van der Waals surface area contributed by atoms with E-state index >= 15 is 0 Å². The predicted molar refractivity (Wildman–Crippen MR) is 44.7 cm³/mol. The van der Waals surface area contributed by atoms with Gasteiger partial charge in [0.25, 0.3) is 0 Å². The molecule has 2 unspecified atom stereocenters. The molecule has 0 fully saturated rings. The van der Waals surface area contributed by atoms with Gasteiger partial charge in [-0.25, -0.2) is 0 Å². The van der Waals surface area contributed by atoms with Gasteiger partial charge in [0.15, 0.2) is 0 Å². The number of hydrogen-bond acceptors (Lipinski definition) is 4. The monoisotopic (exact) mass is 190 g/mol. The molecule has 0 radical (unpaired) electrons. The number of primary amides is 1. The molecule has 1 amide bonds. The number of nitrogens with one attached hydrogen (secondary N) is 1. The van der Waals surface area contributed by atoms with Crippen molar-refractivity contribution >= 4 is 11.9 Å². The average molecular weight is 190 g/mol. The molecule has 0 aromatic carbocycles. The molecule has 0 aliphatic heterocycles. The number of amides is 1. The van der Waals surface area contributed by atoms with Crippen molar-refractivity contribution in [1.82, 2.24) is 5.32 Å². The van der Waals surface area contributed by atoms with Gasteiger partial charge in [-0.2, -0.15) is 0 Å². The Balaban J connectivity index is 3.95. The second-order valence-corrected chi connectivity index (χ2v) is 2.73. The second-order valence-electron chi connectivity index (χ2n) is 2.73. The van der Waals surface area contributed by atoms with E-state index in [1.165, 1.54) is 6.92 Å². The largest absolute Gasteiger partial charge is 0.481 e. The molecule has 0 aliphatic carbocycles. The number of carbonyl (C=O) groups is 2. The van der Waals surface area contributed by atoms with E-state index in [2.05, 4.69) is 5.32 Å². The van der Waals surface area contributed by atoms with E-state index in [0.29, 0.717) is 0 Å². The summed E-state index contributed by atoms with van der Waals surface area (Å²) >= 11 is 0. The highest BCUT2D eigenvalue weighted by Crippen LogP contribution is 1.97. The summed E-state index contributed by atoms with van der Waals surface area (Å²) in [6.07, 6.45) is -0.964. The quantitative estimate of drug-likeness (QED) is 0.386. The number of aliphatic hydroxyl groups is 1. The van der Waals surface area contributed by atoms with Crippen LogP contribution in [0.3, 0.4) is 0 Å². The lowest BCUT2D eigenvalue weighted by molar-refractivity contribution is -0.137. The van der Waals surface area contributed by atoms with Crippen molar-refractivity contribution in [2.24, 2.45) is 5.73 Å². The first kappa shape index (κ1) is 11.9. The topological polar surface area (TPSA) is 113 Å². The van der Waals surface area contributed by atoms with Crippen LogP contribution in [-0.2, 0) is 9.59 Å². The zero-order valence-corrected chi connectivity index (χ0v) is 7.36. The van der Waals surface area contributed by atoms with Gasteiger partial charge in [-0.3, -0.25) is 14.9 Å². The van der Waals surface area contributed by atoms with Gasteiger partial charge in [0.1, 0.15) is 6.23 Å². The van der Waals surface area contributed by atoms with Crippen molar-refractivity contribution in [2.75, 3.05) is 0 Å². The highest BCUT2D eigenvalue weighted by molar-refractivity contribution is 5.80. The van der Waals surface area contributed by atoms with E-state index in [1.807, 2.05) is 0 Å². The van der Waals surface area contributed by atoms with Crippen LogP contribution in [0.2, 0.25) is 0 Å². The Morgan fingerprint density at radius 1 is 1.54 bits per heavy atom. The molecular weight excluding hydrogens is 176 g/mol.